The first-order valence-corrected chi connectivity index (χ1v) is 10.5. The van der Waals surface area contributed by atoms with Gasteiger partial charge < -0.3 is 15.2 Å². The number of phenols is 1. The Morgan fingerprint density at radius 2 is 2.00 bits per heavy atom. The molecule has 150 valence electrons. The second-order valence-corrected chi connectivity index (χ2v) is 8.12. The summed E-state index contributed by atoms with van der Waals surface area (Å²) in [5.41, 5.74) is 1.19. The van der Waals surface area contributed by atoms with E-state index in [1.165, 1.54) is 0 Å². The third-order valence-electron chi connectivity index (χ3n) is 3.88. The second kappa shape index (κ2) is 9.31. The zero-order valence-corrected chi connectivity index (χ0v) is 18.3. The van der Waals surface area contributed by atoms with Crippen molar-refractivity contribution in [3.8, 4) is 11.5 Å². The summed E-state index contributed by atoms with van der Waals surface area (Å²) in [5.74, 6) is -0.677. The van der Waals surface area contributed by atoms with Crippen LogP contribution in [0.2, 0.25) is 0 Å². The quantitative estimate of drug-likeness (QED) is 0.437. The highest BCUT2D eigenvalue weighted by molar-refractivity contribution is 14.1. The molecule has 3 amide bonds. The van der Waals surface area contributed by atoms with Gasteiger partial charge in [-0.25, -0.2) is 0 Å². The molecular formula is C20H17IN2O5S. The summed E-state index contributed by atoms with van der Waals surface area (Å²) < 4.78 is 5.95. The van der Waals surface area contributed by atoms with Gasteiger partial charge in [0, 0.05) is 5.69 Å². The van der Waals surface area contributed by atoms with Crippen molar-refractivity contribution in [1.29, 1.82) is 0 Å². The highest BCUT2D eigenvalue weighted by atomic mass is 127. The van der Waals surface area contributed by atoms with Crippen LogP contribution in [0.5, 0.6) is 11.5 Å². The van der Waals surface area contributed by atoms with Crippen molar-refractivity contribution in [3.05, 3.63) is 56.5 Å². The maximum Gasteiger partial charge on any atom is 0.294 e. The van der Waals surface area contributed by atoms with Crippen LogP contribution in [-0.2, 0) is 9.59 Å². The Morgan fingerprint density at radius 1 is 1.28 bits per heavy atom. The Hall–Kier alpha value is -2.53. The van der Waals surface area contributed by atoms with Gasteiger partial charge in [-0.1, -0.05) is 18.2 Å². The molecule has 29 heavy (non-hydrogen) atoms. The lowest BCUT2D eigenvalue weighted by molar-refractivity contribution is -0.127. The number of ether oxygens (including phenoxy) is 1. The summed E-state index contributed by atoms with van der Waals surface area (Å²) in [6, 6.07) is 12.1. The van der Waals surface area contributed by atoms with Crippen molar-refractivity contribution in [1.82, 2.24) is 4.90 Å². The van der Waals surface area contributed by atoms with Crippen LogP contribution >= 0.6 is 34.4 Å². The van der Waals surface area contributed by atoms with Crippen LogP contribution < -0.4 is 10.1 Å². The molecule has 1 saturated heterocycles. The molecule has 7 nitrogen and oxygen atoms in total. The number of carbonyl (C=O) groups excluding carboxylic acids is 3. The predicted octanol–water partition coefficient (Wildman–Crippen LogP) is 4.07. The first-order valence-electron chi connectivity index (χ1n) is 8.64. The summed E-state index contributed by atoms with van der Waals surface area (Å²) in [6.45, 7) is 1.80. The minimum atomic E-state index is -0.538. The maximum absolute atomic E-state index is 12.6. The normalized spacial score (nSPS) is 15.1. The zero-order chi connectivity index (χ0) is 21.0. The predicted molar refractivity (Wildman–Crippen MR) is 120 cm³/mol. The van der Waals surface area contributed by atoms with E-state index in [4.69, 9.17) is 4.74 Å². The molecule has 0 radical (unpaired) electrons. The number of carbonyl (C=O) groups is 3. The van der Waals surface area contributed by atoms with Crippen LogP contribution in [0.1, 0.15) is 12.5 Å². The van der Waals surface area contributed by atoms with E-state index in [0.717, 1.165) is 16.7 Å². The molecule has 0 bridgehead atoms. The van der Waals surface area contributed by atoms with Crippen molar-refractivity contribution in [3.63, 3.8) is 0 Å². The van der Waals surface area contributed by atoms with Crippen LogP contribution in [0, 0.1) is 3.57 Å². The molecule has 1 heterocycles. The molecule has 1 aliphatic rings. The Bertz CT molecular complexity index is 994. The summed E-state index contributed by atoms with van der Waals surface area (Å²) in [7, 11) is 0. The molecule has 0 unspecified atom stereocenters. The Balaban J connectivity index is 1.75. The molecule has 1 fully saturated rings. The van der Waals surface area contributed by atoms with Gasteiger partial charge in [0.2, 0.25) is 5.91 Å². The second-order valence-electron chi connectivity index (χ2n) is 5.96. The minimum absolute atomic E-state index is 0.0234. The van der Waals surface area contributed by atoms with Crippen molar-refractivity contribution < 1.29 is 24.2 Å². The number of para-hydroxylation sites is 1. The van der Waals surface area contributed by atoms with E-state index < -0.39 is 17.1 Å². The van der Waals surface area contributed by atoms with Gasteiger partial charge in [-0.2, -0.15) is 0 Å². The van der Waals surface area contributed by atoms with E-state index in [1.807, 2.05) is 28.7 Å². The van der Waals surface area contributed by atoms with E-state index in [2.05, 4.69) is 5.32 Å². The van der Waals surface area contributed by atoms with Gasteiger partial charge in [0.15, 0.2) is 11.5 Å². The molecule has 0 saturated carbocycles. The molecule has 0 atom stereocenters. The first-order chi connectivity index (χ1) is 13.9. The third-order valence-corrected chi connectivity index (χ3v) is 5.61. The number of imide groups is 1. The average Bonchev–Trinajstić information content (AvgIpc) is 2.94. The Kier molecular flexibility index (Phi) is 6.80. The third kappa shape index (κ3) is 5.10. The standard InChI is InChI=1S/C20H17IN2O5S/c1-2-28-15-9-12(8-14(21)18(15)25)10-16-19(26)23(20(27)29-16)11-17(24)22-13-6-4-3-5-7-13/h3-10,25H,2,11H2,1H3,(H,22,24). The summed E-state index contributed by atoms with van der Waals surface area (Å²) in [6.07, 6.45) is 1.55. The van der Waals surface area contributed by atoms with Gasteiger partial charge in [0.05, 0.1) is 15.1 Å². The Morgan fingerprint density at radius 3 is 2.69 bits per heavy atom. The summed E-state index contributed by atoms with van der Waals surface area (Å²) >= 11 is 2.73. The van der Waals surface area contributed by atoms with E-state index >= 15 is 0 Å². The maximum atomic E-state index is 12.6. The van der Waals surface area contributed by atoms with E-state index in [9.17, 15) is 19.5 Å². The van der Waals surface area contributed by atoms with Crippen molar-refractivity contribution in [2.75, 3.05) is 18.5 Å². The fourth-order valence-electron chi connectivity index (χ4n) is 2.60. The first kappa shape index (κ1) is 21.2. The molecule has 9 heteroatoms. The molecule has 0 aromatic heterocycles. The number of rotatable bonds is 6. The van der Waals surface area contributed by atoms with Crippen LogP contribution in [0.15, 0.2) is 47.4 Å². The number of hydrogen-bond acceptors (Lipinski definition) is 6. The molecule has 0 aliphatic carbocycles. The Labute approximate surface area is 185 Å². The fourth-order valence-corrected chi connectivity index (χ4v) is 4.06. The van der Waals surface area contributed by atoms with E-state index in [-0.39, 0.29) is 17.2 Å². The summed E-state index contributed by atoms with van der Waals surface area (Å²) in [4.78, 5) is 38.2. The lowest BCUT2D eigenvalue weighted by atomic mass is 10.2. The average molecular weight is 524 g/mol. The van der Waals surface area contributed by atoms with E-state index in [0.29, 0.717) is 27.2 Å². The molecule has 2 N–H and O–H groups in total. The van der Waals surface area contributed by atoms with Gasteiger partial charge in [-0.05, 0) is 77.2 Å². The number of phenolic OH excluding ortho intramolecular Hbond substituents is 1. The van der Waals surface area contributed by atoms with E-state index in [1.54, 1.807) is 49.4 Å². The SMILES string of the molecule is CCOc1cc(C=C2SC(=O)N(CC(=O)Nc3ccccc3)C2=O)cc(I)c1O. The van der Waals surface area contributed by atoms with Crippen LogP contribution in [0.3, 0.4) is 0 Å². The number of hydrogen-bond donors (Lipinski definition) is 2. The molecule has 2 aromatic carbocycles. The van der Waals surface area contributed by atoms with Crippen LogP contribution in [0.4, 0.5) is 10.5 Å². The molecule has 0 spiro atoms. The minimum Gasteiger partial charge on any atom is -0.504 e. The van der Waals surface area contributed by atoms with Crippen molar-refractivity contribution in [2.24, 2.45) is 0 Å². The lowest BCUT2D eigenvalue weighted by Crippen LogP contribution is -2.36. The highest BCUT2D eigenvalue weighted by Crippen LogP contribution is 2.36. The summed E-state index contributed by atoms with van der Waals surface area (Å²) in [5, 5.41) is 12.2. The molecule has 2 aromatic rings. The lowest BCUT2D eigenvalue weighted by Gasteiger charge is -2.12. The number of nitrogens with zero attached hydrogens (tertiary/aromatic N) is 1. The smallest absolute Gasteiger partial charge is 0.294 e. The molecule has 1 aliphatic heterocycles. The number of thioether (sulfide) groups is 1. The fraction of sp³-hybridized carbons (Fsp3) is 0.150. The van der Waals surface area contributed by atoms with Crippen molar-refractivity contribution in [2.45, 2.75) is 6.92 Å². The number of amides is 3. The van der Waals surface area contributed by atoms with Crippen LogP contribution in [0.25, 0.3) is 6.08 Å². The number of anilines is 1. The number of nitrogens with one attached hydrogen (secondary N) is 1. The highest BCUT2D eigenvalue weighted by Gasteiger charge is 2.36. The number of halogens is 1. The number of aromatic hydroxyl groups is 1. The van der Waals surface area contributed by atoms with Gasteiger partial charge >= 0.3 is 0 Å². The molecule has 3 rings (SSSR count). The van der Waals surface area contributed by atoms with Gasteiger partial charge in [-0.15, -0.1) is 0 Å². The van der Waals surface area contributed by atoms with Gasteiger partial charge in [-0.3, -0.25) is 19.3 Å². The monoisotopic (exact) mass is 524 g/mol. The van der Waals surface area contributed by atoms with Gasteiger partial charge in [0.1, 0.15) is 6.54 Å². The largest absolute Gasteiger partial charge is 0.504 e. The zero-order valence-electron chi connectivity index (χ0n) is 15.3. The van der Waals surface area contributed by atoms with Crippen LogP contribution in [-0.4, -0.2) is 40.2 Å². The number of benzene rings is 2. The van der Waals surface area contributed by atoms with Crippen molar-refractivity contribution >= 4 is 63.2 Å². The topological polar surface area (TPSA) is 95.9 Å². The molecular weight excluding hydrogens is 507 g/mol. The van der Waals surface area contributed by atoms with Gasteiger partial charge in [0.25, 0.3) is 11.1 Å².